The van der Waals surface area contributed by atoms with E-state index in [0.29, 0.717) is 19.5 Å². The minimum Gasteiger partial charge on any atom is -0.329 e. The second-order valence-corrected chi connectivity index (χ2v) is 4.91. The van der Waals surface area contributed by atoms with Gasteiger partial charge in [-0.1, -0.05) is 30.3 Å². The zero-order valence-corrected chi connectivity index (χ0v) is 11.0. The highest BCUT2D eigenvalue weighted by atomic mass is 16.2. The Kier molecular flexibility index (Phi) is 3.99. The summed E-state index contributed by atoms with van der Waals surface area (Å²) in [7, 11) is 0. The molecule has 1 aromatic rings. The first-order valence-electron chi connectivity index (χ1n) is 6.48. The lowest BCUT2D eigenvalue weighted by molar-refractivity contribution is -0.142. The minimum atomic E-state index is 0.129. The van der Waals surface area contributed by atoms with Crippen LogP contribution in [0.25, 0.3) is 0 Å². The van der Waals surface area contributed by atoms with Crippen molar-refractivity contribution in [3.8, 4) is 0 Å². The molecule has 1 aliphatic rings. The normalized spacial score (nSPS) is 21.0. The molecule has 2 N–H and O–H groups in total. The van der Waals surface area contributed by atoms with Gasteiger partial charge in [-0.15, -0.1) is 0 Å². The quantitative estimate of drug-likeness (QED) is 0.878. The van der Waals surface area contributed by atoms with Gasteiger partial charge >= 0.3 is 0 Å². The van der Waals surface area contributed by atoms with Gasteiger partial charge in [0.25, 0.3) is 0 Å². The van der Waals surface area contributed by atoms with Gasteiger partial charge < -0.3 is 5.73 Å². The number of carbonyl (C=O) groups is 1. The number of benzene rings is 1. The Bertz CT molecular complexity index is 405. The molecule has 98 valence electrons. The van der Waals surface area contributed by atoms with Gasteiger partial charge in [-0.2, -0.15) is 0 Å². The molecule has 1 saturated heterocycles. The van der Waals surface area contributed by atoms with E-state index in [1.54, 1.807) is 0 Å². The molecular weight excluding hydrogens is 226 g/mol. The summed E-state index contributed by atoms with van der Waals surface area (Å²) in [5.41, 5.74) is 6.86. The smallest absolute Gasteiger partial charge is 0.239 e. The zero-order chi connectivity index (χ0) is 13.1. The molecule has 2 rings (SSSR count). The van der Waals surface area contributed by atoms with Crippen molar-refractivity contribution in [1.82, 2.24) is 10.0 Å². The van der Waals surface area contributed by atoms with E-state index in [1.807, 2.05) is 37.1 Å². The third-order valence-corrected chi connectivity index (χ3v) is 3.29. The number of hydrogen-bond donors (Lipinski definition) is 1. The summed E-state index contributed by atoms with van der Waals surface area (Å²) < 4.78 is 0. The van der Waals surface area contributed by atoms with Crippen LogP contribution in [-0.2, 0) is 4.79 Å². The highest BCUT2D eigenvalue weighted by Crippen LogP contribution is 2.33. The first-order valence-corrected chi connectivity index (χ1v) is 6.48. The Morgan fingerprint density at radius 1 is 1.33 bits per heavy atom. The first kappa shape index (κ1) is 13.1. The van der Waals surface area contributed by atoms with Crippen molar-refractivity contribution in [3.05, 3.63) is 35.9 Å². The van der Waals surface area contributed by atoms with Crippen molar-refractivity contribution in [3.63, 3.8) is 0 Å². The molecule has 1 aliphatic heterocycles. The summed E-state index contributed by atoms with van der Waals surface area (Å²) in [6.07, 6.45) is 0.544. The topological polar surface area (TPSA) is 49.6 Å². The minimum absolute atomic E-state index is 0.129. The van der Waals surface area contributed by atoms with Gasteiger partial charge in [-0.05, 0) is 19.4 Å². The summed E-state index contributed by atoms with van der Waals surface area (Å²) in [5, 5.41) is 3.97. The van der Waals surface area contributed by atoms with Crippen LogP contribution in [0.15, 0.2) is 30.3 Å². The fourth-order valence-corrected chi connectivity index (χ4v) is 2.60. The summed E-state index contributed by atoms with van der Waals surface area (Å²) >= 11 is 0. The molecule has 0 radical (unpaired) electrons. The fraction of sp³-hybridized carbons (Fsp3) is 0.500. The lowest BCUT2D eigenvalue weighted by Crippen LogP contribution is -2.46. The highest BCUT2D eigenvalue weighted by molar-refractivity contribution is 5.79. The van der Waals surface area contributed by atoms with E-state index in [2.05, 4.69) is 17.1 Å². The average Bonchev–Trinajstić information content (AvgIpc) is 2.68. The van der Waals surface area contributed by atoms with Crippen molar-refractivity contribution in [2.45, 2.75) is 32.4 Å². The molecule has 1 unspecified atom stereocenters. The Balaban J connectivity index is 2.28. The molecule has 1 aromatic carbocycles. The molecule has 4 nitrogen and oxygen atoms in total. The van der Waals surface area contributed by atoms with Crippen LogP contribution in [0, 0.1) is 0 Å². The van der Waals surface area contributed by atoms with Crippen LogP contribution in [0.2, 0.25) is 0 Å². The predicted molar refractivity (Wildman–Crippen MR) is 71.5 cm³/mol. The second-order valence-electron chi connectivity index (χ2n) is 4.91. The van der Waals surface area contributed by atoms with Crippen LogP contribution < -0.4 is 5.73 Å². The van der Waals surface area contributed by atoms with E-state index in [0.717, 1.165) is 0 Å². The Labute approximate surface area is 108 Å². The molecule has 18 heavy (non-hydrogen) atoms. The monoisotopic (exact) mass is 247 g/mol. The maximum Gasteiger partial charge on any atom is 0.239 e. The standard InChI is InChI=1S/C14H21N3O/c1-11(2)17-14(18)10-13(16(17)9-8-15)12-6-4-3-5-7-12/h3-7,11,13H,8-10,15H2,1-2H3. The largest absolute Gasteiger partial charge is 0.329 e. The number of nitrogens with two attached hydrogens (primary N) is 1. The number of nitrogens with zero attached hydrogens (tertiary/aromatic N) is 2. The zero-order valence-electron chi connectivity index (χ0n) is 11.0. The summed E-state index contributed by atoms with van der Waals surface area (Å²) in [6, 6.07) is 10.5. The molecule has 1 fully saturated rings. The van der Waals surface area contributed by atoms with Crippen molar-refractivity contribution >= 4 is 5.91 Å². The maximum absolute atomic E-state index is 12.1. The third kappa shape index (κ3) is 2.40. The van der Waals surface area contributed by atoms with Gasteiger partial charge in [-0.3, -0.25) is 9.80 Å². The van der Waals surface area contributed by atoms with Crippen LogP contribution in [0.3, 0.4) is 0 Å². The summed E-state index contributed by atoms with van der Waals surface area (Å²) in [4.78, 5) is 12.1. The van der Waals surface area contributed by atoms with Crippen molar-refractivity contribution in [2.75, 3.05) is 13.1 Å². The number of amides is 1. The van der Waals surface area contributed by atoms with Gasteiger partial charge in [0.1, 0.15) is 0 Å². The Morgan fingerprint density at radius 3 is 2.56 bits per heavy atom. The maximum atomic E-state index is 12.1. The Hall–Kier alpha value is -1.39. The van der Waals surface area contributed by atoms with Gasteiger partial charge in [0.15, 0.2) is 0 Å². The lowest BCUT2D eigenvalue weighted by Gasteiger charge is -2.34. The molecule has 0 aromatic heterocycles. The van der Waals surface area contributed by atoms with Crippen molar-refractivity contribution < 1.29 is 4.79 Å². The van der Waals surface area contributed by atoms with Gasteiger partial charge in [0.05, 0.1) is 6.04 Å². The first-order chi connectivity index (χ1) is 8.65. The van der Waals surface area contributed by atoms with Crippen LogP contribution in [0.4, 0.5) is 0 Å². The molecule has 0 spiro atoms. The van der Waals surface area contributed by atoms with Gasteiger partial charge in [0.2, 0.25) is 5.91 Å². The number of rotatable bonds is 4. The summed E-state index contributed by atoms with van der Waals surface area (Å²) in [5.74, 6) is 0.187. The Morgan fingerprint density at radius 2 is 2.00 bits per heavy atom. The molecule has 0 aliphatic carbocycles. The van der Waals surface area contributed by atoms with Crippen LogP contribution in [-0.4, -0.2) is 35.1 Å². The molecule has 0 bridgehead atoms. The molecule has 1 heterocycles. The number of hydrazine groups is 1. The molecule has 1 amide bonds. The van der Waals surface area contributed by atoms with Crippen molar-refractivity contribution in [2.24, 2.45) is 5.73 Å². The molecular formula is C14H21N3O. The SMILES string of the molecule is CC(C)N1C(=O)CC(c2ccccc2)N1CCN. The molecule has 0 saturated carbocycles. The fourth-order valence-electron chi connectivity index (χ4n) is 2.60. The second kappa shape index (κ2) is 5.50. The van der Waals surface area contributed by atoms with E-state index >= 15 is 0 Å². The lowest BCUT2D eigenvalue weighted by atomic mass is 10.0. The van der Waals surface area contributed by atoms with E-state index in [9.17, 15) is 4.79 Å². The van der Waals surface area contributed by atoms with Crippen LogP contribution >= 0.6 is 0 Å². The predicted octanol–water partition coefficient (Wildman–Crippen LogP) is 1.54. The van der Waals surface area contributed by atoms with Gasteiger partial charge in [-0.25, -0.2) is 5.01 Å². The summed E-state index contributed by atoms with van der Waals surface area (Å²) in [6.45, 7) is 5.34. The number of hydrogen-bond acceptors (Lipinski definition) is 3. The van der Waals surface area contributed by atoms with Crippen LogP contribution in [0.5, 0.6) is 0 Å². The average molecular weight is 247 g/mol. The van der Waals surface area contributed by atoms with E-state index < -0.39 is 0 Å². The third-order valence-electron chi connectivity index (χ3n) is 3.29. The van der Waals surface area contributed by atoms with E-state index in [1.165, 1.54) is 5.56 Å². The molecule has 1 atom stereocenters. The highest BCUT2D eigenvalue weighted by Gasteiger charge is 2.39. The van der Waals surface area contributed by atoms with Crippen molar-refractivity contribution in [1.29, 1.82) is 0 Å². The van der Waals surface area contributed by atoms with E-state index in [4.69, 9.17) is 5.73 Å². The van der Waals surface area contributed by atoms with Crippen LogP contribution in [0.1, 0.15) is 31.9 Å². The molecule has 4 heteroatoms. The van der Waals surface area contributed by atoms with E-state index in [-0.39, 0.29) is 18.0 Å². The number of carbonyl (C=O) groups excluding carboxylic acids is 1. The van der Waals surface area contributed by atoms with Gasteiger partial charge in [0, 0.05) is 25.6 Å².